The molecule has 1 aliphatic heterocycles. The van der Waals surface area contributed by atoms with E-state index in [2.05, 4.69) is 64.1 Å². The predicted octanol–water partition coefficient (Wildman–Crippen LogP) is 3.11. The Bertz CT molecular complexity index is 1050. The first-order valence-electron chi connectivity index (χ1n) is 10.3. The largest absolute Gasteiger partial charge is 0.760 e. The molecule has 0 spiro atoms. The van der Waals surface area contributed by atoms with Gasteiger partial charge in [-0.05, 0) is 41.0 Å². The maximum absolute atomic E-state index is 10.8. The molecule has 152 valence electrons. The number of aromatic amines is 1. The van der Waals surface area contributed by atoms with E-state index in [4.69, 9.17) is 0 Å². The molecule has 29 heavy (non-hydrogen) atoms. The number of hydrogen-bond acceptors (Lipinski definition) is 3. The first kappa shape index (κ1) is 19.0. The van der Waals surface area contributed by atoms with E-state index in [-0.39, 0.29) is 5.41 Å². The fourth-order valence-electron chi connectivity index (χ4n) is 5.35. The molecular weight excluding hydrogens is 382 g/mol. The van der Waals surface area contributed by atoms with Gasteiger partial charge in [0.25, 0.3) is 0 Å². The Balaban J connectivity index is 1.20. The molecule has 1 saturated carbocycles. The van der Waals surface area contributed by atoms with Gasteiger partial charge in [0.1, 0.15) is 0 Å². The van der Waals surface area contributed by atoms with E-state index in [1.165, 1.54) is 22.0 Å². The van der Waals surface area contributed by atoms with Crippen molar-refractivity contribution in [1.82, 2.24) is 14.6 Å². The van der Waals surface area contributed by atoms with Crippen molar-refractivity contribution in [3.05, 3.63) is 71.4 Å². The Hall–Kier alpha value is -1.99. The summed E-state index contributed by atoms with van der Waals surface area (Å²) < 4.78 is 24.0. The van der Waals surface area contributed by atoms with Gasteiger partial charge < -0.3 is 14.4 Å². The van der Waals surface area contributed by atoms with Crippen LogP contribution in [0.2, 0.25) is 0 Å². The van der Waals surface area contributed by atoms with Crippen LogP contribution in [0.1, 0.15) is 23.6 Å². The molecular formula is C23H26N3O2S-. The van der Waals surface area contributed by atoms with Gasteiger partial charge in [-0.15, -0.1) is 0 Å². The third-order valence-electron chi connectivity index (χ3n) is 7.14. The van der Waals surface area contributed by atoms with Crippen molar-refractivity contribution in [2.45, 2.75) is 25.3 Å². The Morgan fingerprint density at radius 2 is 2.00 bits per heavy atom. The average Bonchev–Trinajstić information content (AvgIpc) is 3.11. The van der Waals surface area contributed by atoms with Crippen LogP contribution in [0.5, 0.6) is 0 Å². The highest BCUT2D eigenvalue weighted by molar-refractivity contribution is 7.77. The lowest BCUT2D eigenvalue weighted by Gasteiger charge is -2.24. The highest BCUT2D eigenvalue weighted by atomic mass is 32.2. The number of likely N-dealkylation sites (tertiary alicyclic amines) is 1. The number of piperidine rings is 1. The smallest absolute Gasteiger partial charge is 0.0456 e. The standard InChI is InChI=1S/C23H27N3O2S/c1-23(18-6-4-5-16(11-18)12-25-29(27)28)20-14-26(15-21(20)23)10-9-17-13-24-22-8-3-2-7-19(17)22/h2-8,11,13,20-21,24-25H,9-10,12,14-15H2,1H3,(H,27,28)/p-1. The zero-order valence-electron chi connectivity index (χ0n) is 16.6. The van der Waals surface area contributed by atoms with Crippen LogP contribution < -0.4 is 4.72 Å². The van der Waals surface area contributed by atoms with Gasteiger partial charge in [0, 0.05) is 60.0 Å². The second kappa shape index (κ2) is 7.36. The average molecular weight is 409 g/mol. The number of fused-ring (bicyclic) bond motifs is 2. The van der Waals surface area contributed by atoms with Crippen LogP contribution in [-0.4, -0.2) is 38.3 Å². The highest BCUT2D eigenvalue weighted by Gasteiger charge is 2.65. The molecule has 2 aromatic carbocycles. The van der Waals surface area contributed by atoms with E-state index in [1.807, 2.05) is 12.1 Å². The summed E-state index contributed by atoms with van der Waals surface area (Å²) in [6.45, 7) is 6.13. The van der Waals surface area contributed by atoms with Crippen LogP contribution in [0.15, 0.2) is 54.7 Å². The molecule has 1 saturated heterocycles. The Morgan fingerprint density at radius 1 is 1.21 bits per heavy atom. The van der Waals surface area contributed by atoms with E-state index in [1.54, 1.807) is 0 Å². The summed E-state index contributed by atoms with van der Waals surface area (Å²) in [5.74, 6) is 1.39. The van der Waals surface area contributed by atoms with Crippen LogP contribution in [0.3, 0.4) is 0 Å². The van der Waals surface area contributed by atoms with Gasteiger partial charge in [-0.25, -0.2) is 4.72 Å². The fraction of sp³-hybridized carbons (Fsp3) is 0.391. The second-order valence-corrected chi connectivity index (χ2v) is 9.38. The molecule has 2 aliphatic rings. The topological polar surface area (TPSA) is 71.2 Å². The zero-order valence-corrected chi connectivity index (χ0v) is 17.4. The number of nitrogens with one attached hydrogen (secondary N) is 2. The summed E-state index contributed by atoms with van der Waals surface area (Å²) in [6, 6.07) is 16.9. The first-order chi connectivity index (χ1) is 14.1. The van der Waals surface area contributed by atoms with Crippen LogP contribution in [0, 0.1) is 11.8 Å². The molecule has 1 aromatic heterocycles. The molecule has 3 atom stereocenters. The zero-order chi connectivity index (χ0) is 20.0. The van der Waals surface area contributed by atoms with Gasteiger partial charge >= 0.3 is 0 Å². The number of H-pyrrole nitrogens is 1. The molecule has 3 unspecified atom stereocenters. The Labute approximate surface area is 173 Å². The van der Waals surface area contributed by atoms with Gasteiger partial charge in [0.05, 0.1) is 0 Å². The summed E-state index contributed by atoms with van der Waals surface area (Å²) in [4.78, 5) is 5.98. The maximum atomic E-state index is 10.8. The molecule has 0 bridgehead atoms. The number of hydrogen-bond donors (Lipinski definition) is 2. The predicted molar refractivity (Wildman–Crippen MR) is 115 cm³/mol. The fourth-order valence-corrected chi connectivity index (χ4v) is 5.63. The van der Waals surface area contributed by atoms with Crippen molar-refractivity contribution < 1.29 is 8.76 Å². The third-order valence-corrected chi connectivity index (χ3v) is 7.52. The number of benzene rings is 2. The van der Waals surface area contributed by atoms with Crippen molar-refractivity contribution in [2.24, 2.45) is 11.8 Å². The summed E-state index contributed by atoms with van der Waals surface area (Å²) in [5.41, 5.74) is 5.22. The molecule has 3 aromatic rings. The van der Waals surface area contributed by atoms with E-state index >= 15 is 0 Å². The van der Waals surface area contributed by atoms with Gasteiger partial charge in [-0.2, -0.15) is 0 Å². The molecule has 2 fully saturated rings. The SMILES string of the molecule is CC1(c2cccc(CNS(=O)[O-])c2)C2CN(CCc3c[nH]c4ccccc34)CC21. The van der Waals surface area contributed by atoms with Gasteiger partial charge in [0.15, 0.2) is 0 Å². The van der Waals surface area contributed by atoms with Crippen LogP contribution in [-0.2, 0) is 29.6 Å². The first-order valence-corrected chi connectivity index (χ1v) is 11.3. The number of aromatic nitrogens is 1. The van der Waals surface area contributed by atoms with Crippen LogP contribution in [0.4, 0.5) is 0 Å². The van der Waals surface area contributed by atoms with Gasteiger partial charge in [-0.1, -0.05) is 49.4 Å². The Morgan fingerprint density at radius 3 is 2.79 bits per heavy atom. The quantitative estimate of drug-likeness (QED) is 0.590. The van der Waals surface area contributed by atoms with Crippen LogP contribution in [0.25, 0.3) is 10.9 Å². The van der Waals surface area contributed by atoms with Crippen molar-refractivity contribution >= 4 is 22.2 Å². The Kier molecular flexibility index (Phi) is 4.82. The van der Waals surface area contributed by atoms with Crippen molar-refractivity contribution in [2.75, 3.05) is 19.6 Å². The summed E-state index contributed by atoms with van der Waals surface area (Å²) in [6.07, 6.45) is 3.23. The lowest BCUT2D eigenvalue weighted by atomic mass is 9.91. The lowest BCUT2D eigenvalue weighted by Crippen LogP contribution is -2.30. The monoisotopic (exact) mass is 408 g/mol. The van der Waals surface area contributed by atoms with Crippen molar-refractivity contribution in [1.29, 1.82) is 0 Å². The second-order valence-electron chi connectivity index (χ2n) is 8.62. The summed E-state index contributed by atoms with van der Waals surface area (Å²) >= 11 is -2.22. The van der Waals surface area contributed by atoms with Crippen molar-refractivity contribution in [3.63, 3.8) is 0 Å². The van der Waals surface area contributed by atoms with E-state index in [9.17, 15) is 8.76 Å². The molecule has 2 heterocycles. The third kappa shape index (κ3) is 3.44. The van der Waals surface area contributed by atoms with Crippen LogP contribution >= 0.6 is 0 Å². The molecule has 0 radical (unpaired) electrons. The van der Waals surface area contributed by atoms with E-state index < -0.39 is 11.3 Å². The van der Waals surface area contributed by atoms with E-state index in [0.29, 0.717) is 18.4 Å². The summed E-state index contributed by atoms with van der Waals surface area (Å²) in [5, 5.41) is 1.34. The minimum Gasteiger partial charge on any atom is -0.760 e. The number of nitrogens with zero attached hydrogens (tertiary/aromatic N) is 1. The molecule has 5 rings (SSSR count). The lowest BCUT2D eigenvalue weighted by molar-refractivity contribution is 0.281. The van der Waals surface area contributed by atoms with E-state index in [0.717, 1.165) is 31.6 Å². The molecule has 6 heteroatoms. The minimum absolute atomic E-state index is 0.226. The number of para-hydroxylation sites is 1. The normalized spacial score (nSPS) is 27.2. The highest BCUT2D eigenvalue weighted by Crippen LogP contribution is 2.63. The molecule has 0 amide bonds. The number of rotatable bonds is 7. The summed E-state index contributed by atoms with van der Waals surface area (Å²) in [7, 11) is 0. The molecule has 5 nitrogen and oxygen atoms in total. The van der Waals surface area contributed by atoms with Crippen molar-refractivity contribution in [3.8, 4) is 0 Å². The van der Waals surface area contributed by atoms with Gasteiger partial charge in [-0.3, -0.25) is 4.21 Å². The minimum atomic E-state index is -2.22. The molecule has 2 N–H and O–H groups in total. The van der Waals surface area contributed by atoms with Gasteiger partial charge in [0.2, 0.25) is 0 Å². The maximum Gasteiger partial charge on any atom is 0.0456 e. The molecule has 1 aliphatic carbocycles.